The van der Waals surface area contributed by atoms with Gasteiger partial charge in [0.05, 0.1) is 17.9 Å². The first-order chi connectivity index (χ1) is 16.6. The van der Waals surface area contributed by atoms with E-state index in [9.17, 15) is 14.0 Å². The van der Waals surface area contributed by atoms with Crippen LogP contribution < -0.4 is 24.4 Å². The number of hydrogen-bond acceptors (Lipinski definition) is 6. The highest BCUT2D eigenvalue weighted by molar-refractivity contribution is 6.46. The minimum absolute atomic E-state index is 0.0691. The Hall–Kier alpha value is -4.33. The van der Waals surface area contributed by atoms with Crippen LogP contribution in [0.15, 0.2) is 72.4 Å². The number of halogens is 1. The van der Waals surface area contributed by atoms with Crippen LogP contribution in [-0.4, -0.2) is 31.6 Å². The van der Waals surface area contributed by atoms with Crippen molar-refractivity contribution in [3.63, 3.8) is 0 Å². The minimum Gasteiger partial charge on any atom is -0.492 e. The molecule has 34 heavy (non-hydrogen) atoms. The molecule has 0 spiro atoms. The fourth-order valence-electron chi connectivity index (χ4n) is 3.93. The molecule has 172 valence electrons. The Balaban J connectivity index is 1.59. The van der Waals surface area contributed by atoms with Gasteiger partial charge in [-0.3, -0.25) is 9.59 Å². The van der Waals surface area contributed by atoms with Crippen LogP contribution in [0.2, 0.25) is 0 Å². The third kappa shape index (κ3) is 3.83. The number of hydrogen-bond donors (Lipinski definition) is 1. The highest BCUT2D eigenvalue weighted by atomic mass is 19.1. The average Bonchev–Trinajstić information content (AvgIpc) is 3.09. The molecule has 0 saturated carbocycles. The second-order valence-electron chi connectivity index (χ2n) is 7.59. The highest BCUT2D eigenvalue weighted by Crippen LogP contribution is 2.39. The summed E-state index contributed by atoms with van der Waals surface area (Å²) < 4.78 is 30.4. The second-order valence-corrected chi connectivity index (χ2v) is 7.59. The number of nitrogens with one attached hydrogen (secondary N) is 1. The van der Waals surface area contributed by atoms with Gasteiger partial charge in [-0.1, -0.05) is 24.3 Å². The van der Waals surface area contributed by atoms with E-state index in [1.54, 1.807) is 42.5 Å². The number of anilines is 2. The van der Waals surface area contributed by atoms with Crippen molar-refractivity contribution in [1.29, 1.82) is 0 Å². The van der Waals surface area contributed by atoms with Crippen molar-refractivity contribution in [1.82, 2.24) is 0 Å². The zero-order chi connectivity index (χ0) is 23.7. The molecule has 0 aromatic heterocycles. The Labute approximate surface area is 195 Å². The van der Waals surface area contributed by atoms with Gasteiger partial charge in [0.25, 0.3) is 11.8 Å². The predicted molar refractivity (Wildman–Crippen MR) is 124 cm³/mol. The number of imide groups is 1. The van der Waals surface area contributed by atoms with Gasteiger partial charge in [0, 0.05) is 11.8 Å². The minimum atomic E-state index is -0.550. The normalized spacial score (nSPS) is 15.1. The standard InChI is InChI=1S/C26H21FN2O5/c1-2-32-20-6-4-3-5-19(20)29-25(30)23(16-7-9-17(27)10-8-16)24(26(29)31)28-18-11-12-21-22(15-18)34-14-13-33-21/h3-12,15,28H,2,13-14H2,1H3. The molecule has 8 heteroatoms. The molecule has 3 aromatic rings. The topological polar surface area (TPSA) is 77.1 Å². The van der Waals surface area contributed by atoms with Crippen LogP contribution >= 0.6 is 0 Å². The van der Waals surface area contributed by atoms with Crippen LogP contribution in [0.5, 0.6) is 17.2 Å². The van der Waals surface area contributed by atoms with Gasteiger partial charge in [0.1, 0.15) is 30.5 Å². The summed E-state index contributed by atoms with van der Waals surface area (Å²) in [6.07, 6.45) is 0. The Morgan fingerprint density at radius 1 is 0.941 bits per heavy atom. The van der Waals surface area contributed by atoms with Gasteiger partial charge in [-0.15, -0.1) is 0 Å². The first-order valence-corrected chi connectivity index (χ1v) is 10.8. The molecule has 1 N–H and O–H groups in total. The summed E-state index contributed by atoms with van der Waals surface area (Å²) in [6, 6.07) is 17.5. The number of rotatable bonds is 6. The van der Waals surface area contributed by atoms with E-state index in [1.165, 1.54) is 24.3 Å². The number of nitrogens with zero attached hydrogens (tertiary/aromatic N) is 1. The average molecular weight is 460 g/mol. The monoisotopic (exact) mass is 460 g/mol. The van der Waals surface area contributed by atoms with Crippen LogP contribution in [0, 0.1) is 5.82 Å². The number of fused-ring (bicyclic) bond motifs is 1. The first kappa shape index (κ1) is 21.5. The third-order valence-corrected chi connectivity index (χ3v) is 5.43. The summed E-state index contributed by atoms with van der Waals surface area (Å²) in [7, 11) is 0. The Morgan fingerprint density at radius 3 is 2.44 bits per heavy atom. The molecule has 0 bridgehead atoms. The maximum absolute atomic E-state index is 13.6. The van der Waals surface area contributed by atoms with Gasteiger partial charge < -0.3 is 19.5 Å². The summed E-state index contributed by atoms with van der Waals surface area (Å²) in [5, 5.41) is 3.08. The van der Waals surface area contributed by atoms with E-state index in [2.05, 4.69) is 5.32 Å². The van der Waals surface area contributed by atoms with E-state index in [-0.39, 0.29) is 11.3 Å². The number of carbonyl (C=O) groups excluding carboxylic acids is 2. The van der Waals surface area contributed by atoms with Gasteiger partial charge in [-0.2, -0.15) is 0 Å². The molecule has 0 unspecified atom stereocenters. The zero-order valence-electron chi connectivity index (χ0n) is 18.3. The van der Waals surface area contributed by atoms with Crippen molar-refractivity contribution in [2.24, 2.45) is 0 Å². The van der Waals surface area contributed by atoms with Crippen LogP contribution in [-0.2, 0) is 9.59 Å². The molecule has 2 aliphatic heterocycles. The smallest absolute Gasteiger partial charge is 0.282 e. The van der Waals surface area contributed by atoms with Crippen molar-refractivity contribution >= 4 is 28.8 Å². The lowest BCUT2D eigenvalue weighted by Gasteiger charge is -2.20. The van der Waals surface area contributed by atoms with Crippen LogP contribution in [0.25, 0.3) is 5.57 Å². The Bertz CT molecular complexity index is 1300. The molecule has 0 fully saturated rings. The number of carbonyl (C=O) groups is 2. The maximum atomic E-state index is 13.6. The van der Waals surface area contributed by atoms with E-state index in [0.717, 1.165) is 4.90 Å². The SMILES string of the molecule is CCOc1ccccc1N1C(=O)C(Nc2ccc3c(c2)OCCO3)=C(c2ccc(F)cc2)C1=O. The van der Waals surface area contributed by atoms with Crippen LogP contribution in [0.3, 0.4) is 0 Å². The Kier molecular flexibility index (Phi) is 5.63. The predicted octanol–water partition coefficient (Wildman–Crippen LogP) is 4.39. The molecule has 0 atom stereocenters. The van der Waals surface area contributed by atoms with Crippen LogP contribution in [0.1, 0.15) is 12.5 Å². The van der Waals surface area contributed by atoms with Crippen molar-refractivity contribution in [3.05, 3.63) is 83.8 Å². The van der Waals surface area contributed by atoms with Crippen molar-refractivity contribution in [2.75, 3.05) is 30.0 Å². The van der Waals surface area contributed by atoms with Gasteiger partial charge >= 0.3 is 0 Å². The molecule has 0 radical (unpaired) electrons. The molecule has 0 aliphatic carbocycles. The lowest BCUT2D eigenvalue weighted by Crippen LogP contribution is -2.32. The maximum Gasteiger partial charge on any atom is 0.282 e. The lowest BCUT2D eigenvalue weighted by molar-refractivity contribution is -0.120. The summed E-state index contributed by atoms with van der Waals surface area (Å²) in [6.45, 7) is 3.06. The molecule has 3 aromatic carbocycles. The molecule has 5 rings (SSSR count). The summed E-state index contributed by atoms with van der Waals surface area (Å²) in [5.74, 6) is 0.0167. The summed E-state index contributed by atoms with van der Waals surface area (Å²) in [5.41, 5.74) is 1.49. The molecule has 7 nitrogen and oxygen atoms in total. The van der Waals surface area contributed by atoms with Crippen molar-refractivity contribution in [2.45, 2.75) is 6.92 Å². The third-order valence-electron chi connectivity index (χ3n) is 5.43. The van der Waals surface area contributed by atoms with Crippen molar-refractivity contribution in [3.8, 4) is 17.2 Å². The summed E-state index contributed by atoms with van der Waals surface area (Å²) in [4.78, 5) is 28.3. The van der Waals surface area contributed by atoms with Gasteiger partial charge in [-0.05, 0) is 48.9 Å². The van der Waals surface area contributed by atoms with Gasteiger partial charge in [-0.25, -0.2) is 9.29 Å². The number of benzene rings is 3. The van der Waals surface area contributed by atoms with Gasteiger partial charge in [0.15, 0.2) is 11.5 Å². The molecule has 2 amide bonds. The molecule has 2 aliphatic rings. The van der Waals surface area contributed by atoms with Crippen molar-refractivity contribution < 1.29 is 28.2 Å². The number of ether oxygens (including phenoxy) is 3. The molecular formula is C26H21FN2O5. The largest absolute Gasteiger partial charge is 0.492 e. The lowest BCUT2D eigenvalue weighted by atomic mass is 10.0. The fourth-order valence-corrected chi connectivity index (χ4v) is 3.93. The van der Waals surface area contributed by atoms with E-state index >= 15 is 0 Å². The van der Waals surface area contributed by atoms with Gasteiger partial charge in [0.2, 0.25) is 0 Å². The molecule has 0 saturated heterocycles. The quantitative estimate of drug-likeness (QED) is 0.550. The van der Waals surface area contributed by atoms with E-state index in [4.69, 9.17) is 14.2 Å². The fraction of sp³-hybridized carbons (Fsp3) is 0.154. The molecule has 2 heterocycles. The zero-order valence-corrected chi connectivity index (χ0v) is 18.3. The summed E-state index contributed by atoms with van der Waals surface area (Å²) >= 11 is 0. The van der Waals surface area contributed by atoms with Crippen LogP contribution in [0.4, 0.5) is 15.8 Å². The number of para-hydroxylation sites is 2. The number of amides is 2. The first-order valence-electron chi connectivity index (χ1n) is 10.8. The second kappa shape index (κ2) is 8.90. The van der Waals surface area contributed by atoms with E-state index in [0.29, 0.717) is 54.0 Å². The Morgan fingerprint density at radius 2 is 1.68 bits per heavy atom. The highest BCUT2D eigenvalue weighted by Gasteiger charge is 2.41. The molecular weight excluding hydrogens is 439 g/mol. The van der Waals surface area contributed by atoms with E-state index in [1.807, 2.05) is 6.92 Å². The van der Waals surface area contributed by atoms with E-state index < -0.39 is 17.6 Å².